The first-order valence-electron chi connectivity index (χ1n) is 14.0. The van der Waals surface area contributed by atoms with E-state index < -0.39 is 0 Å². The van der Waals surface area contributed by atoms with Crippen molar-refractivity contribution in [3.05, 3.63) is 127 Å². The standard InChI is InChI=1S/C37H20N4S2/c38-21-24-20-23(37-39-32(22-10-2-1-3-11-22)36-33(40-37)26-13-5-8-16-30(26)43-36)18-19-28(24)41-29-15-7-4-12-25(29)35-34(41)27-14-6-9-17-31(27)42-35/h1-20H. The molecule has 0 aliphatic carbocycles. The van der Waals surface area contributed by atoms with Crippen molar-refractivity contribution >= 4 is 74.2 Å². The van der Waals surface area contributed by atoms with Gasteiger partial charge in [0.15, 0.2) is 5.82 Å². The SMILES string of the molecule is N#Cc1cc(-c2nc(-c3ccccc3)c3sc4ccccc4c3n2)ccc1-n1c2ccccc2c2sc3ccccc3c21. The Morgan fingerprint density at radius 3 is 2.09 bits per heavy atom. The van der Waals surface area contributed by atoms with Crippen LogP contribution in [0.3, 0.4) is 0 Å². The van der Waals surface area contributed by atoms with Crippen LogP contribution in [0.4, 0.5) is 0 Å². The lowest BCUT2D eigenvalue weighted by Gasteiger charge is -2.12. The molecule has 0 saturated heterocycles. The van der Waals surface area contributed by atoms with E-state index in [1.165, 1.54) is 24.9 Å². The molecule has 0 radical (unpaired) electrons. The number of fused-ring (bicyclic) bond motifs is 8. The summed E-state index contributed by atoms with van der Waals surface area (Å²) in [4.78, 5) is 10.2. The topological polar surface area (TPSA) is 54.5 Å². The van der Waals surface area contributed by atoms with Crippen molar-refractivity contribution in [1.29, 1.82) is 5.26 Å². The quantitative estimate of drug-likeness (QED) is 0.208. The minimum absolute atomic E-state index is 0.579. The molecule has 0 bridgehead atoms. The molecule has 9 rings (SSSR count). The van der Waals surface area contributed by atoms with E-state index in [0.29, 0.717) is 11.4 Å². The summed E-state index contributed by atoms with van der Waals surface area (Å²) in [5.74, 6) is 0.612. The summed E-state index contributed by atoms with van der Waals surface area (Å²) >= 11 is 3.52. The number of nitrogens with zero attached hydrogens (tertiary/aromatic N) is 4. The molecule has 0 unspecified atom stereocenters. The first kappa shape index (κ1) is 24.3. The van der Waals surface area contributed by atoms with E-state index in [1.807, 2.05) is 30.3 Å². The normalized spacial score (nSPS) is 11.7. The zero-order chi connectivity index (χ0) is 28.5. The van der Waals surface area contributed by atoms with Gasteiger partial charge in [0, 0.05) is 36.7 Å². The van der Waals surface area contributed by atoms with Gasteiger partial charge in [0.1, 0.15) is 6.07 Å². The first-order valence-corrected chi connectivity index (χ1v) is 15.6. The maximum atomic E-state index is 10.5. The van der Waals surface area contributed by atoms with Crippen LogP contribution < -0.4 is 0 Å². The van der Waals surface area contributed by atoms with Crippen LogP contribution in [0.2, 0.25) is 0 Å². The lowest BCUT2D eigenvalue weighted by atomic mass is 10.1. The van der Waals surface area contributed by atoms with E-state index in [-0.39, 0.29) is 0 Å². The van der Waals surface area contributed by atoms with Gasteiger partial charge in [-0.3, -0.25) is 0 Å². The second-order valence-electron chi connectivity index (χ2n) is 10.5. The van der Waals surface area contributed by atoms with Gasteiger partial charge in [-0.05, 0) is 36.4 Å². The van der Waals surface area contributed by atoms with E-state index in [1.54, 1.807) is 22.7 Å². The lowest BCUT2D eigenvalue weighted by Crippen LogP contribution is -1.99. The maximum absolute atomic E-state index is 10.5. The molecule has 200 valence electrons. The molecule has 0 spiro atoms. The number of aromatic nitrogens is 3. The summed E-state index contributed by atoms with van der Waals surface area (Å²) in [6.45, 7) is 0. The van der Waals surface area contributed by atoms with Crippen molar-refractivity contribution < 1.29 is 0 Å². The van der Waals surface area contributed by atoms with Crippen molar-refractivity contribution in [3.63, 3.8) is 0 Å². The molecule has 0 saturated carbocycles. The Morgan fingerprint density at radius 1 is 0.605 bits per heavy atom. The molecule has 9 aromatic rings. The Kier molecular flexibility index (Phi) is 5.27. The molecule has 4 nitrogen and oxygen atoms in total. The number of thiophene rings is 2. The van der Waals surface area contributed by atoms with Gasteiger partial charge in [0.05, 0.1) is 42.9 Å². The molecule has 0 fully saturated rings. The van der Waals surface area contributed by atoms with Crippen molar-refractivity contribution in [3.8, 4) is 34.4 Å². The third kappa shape index (κ3) is 3.59. The highest BCUT2D eigenvalue weighted by molar-refractivity contribution is 7.27. The van der Waals surface area contributed by atoms with Crippen molar-refractivity contribution in [2.45, 2.75) is 0 Å². The molecular formula is C37H20N4S2. The van der Waals surface area contributed by atoms with Crippen LogP contribution in [-0.2, 0) is 0 Å². The number of nitriles is 1. The fraction of sp³-hybridized carbons (Fsp3) is 0. The van der Waals surface area contributed by atoms with Crippen molar-refractivity contribution in [1.82, 2.24) is 14.5 Å². The van der Waals surface area contributed by atoms with Crippen LogP contribution in [-0.4, -0.2) is 14.5 Å². The van der Waals surface area contributed by atoms with E-state index in [0.717, 1.165) is 49.1 Å². The van der Waals surface area contributed by atoms with Gasteiger partial charge in [-0.15, -0.1) is 22.7 Å². The van der Waals surface area contributed by atoms with E-state index in [2.05, 4.69) is 102 Å². The first-order chi connectivity index (χ1) is 21.3. The van der Waals surface area contributed by atoms with Crippen LogP contribution in [0.5, 0.6) is 0 Å². The van der Waals surface area contributed by atoms with Crippen LogP contribution in [0.15, 0.2) is 121 Å². The van der Waals surface area contributed by atoms with Crippen LogP contribution in [0, 0.1) is 11.3 Å². The summed E-state index contributed by atoms with van der Waals surface area (Å²) in [5.41, 5.74) is 7.37. The monoisotopic (exact) mass is 584 g/mol. The molecule has 0 aliphatic heterocycles. The third-order valence-electron chi connectivity index (χ3n) is 8.07. The summed E-state index contributed by atoms with van der Waals surface area (Å²) < 4.78 is 6.97. The lowest BCUT2D eigenvalue weighted by molar-refractivity contribution is 1.17. The largest absolute Gasteiger partial charge is 0.306 e. The van der Waals surface area contributed by atoms with Crippen molar-refractivity contribution in [2.24, 2.45) is 0 Å². The zero-order valence-electron chi connectivity index (χ0n) is 22.7. The highest BCUT2D eigenvalue weighted by atomic mass is 32.1. The van der Waals surface area contributed by atoms with Gasteiger partial charge in [-0.25, -0.2) is 9.97 Å². The number of benzene rings is 5. The smallest absolute Gasteiger partial charge is 0.160 e. The Bertz CT molecular complexity index is 2580. The fourth-order valence-corrected chi connectivity index (χ4v) is 8.51. The Labute approximate surface area is 254 Å². The molecule has 4 heterocycles. The molecule has 0 aliphatic rings. The minimum Gasteiger partial charge on any atom is -0.306 e. The third-order valence-corrected chi connectivity index (χ3v) is 10.4. The molecule has 0 atom stereocenters. The Balaban J connectivity index is 1.30. The van der Waals surface area contributed by atoms with E-state index in [4.69, 9.17) is 9.97 Å². The average Bonchev–Trinajstić information content (AvgIpc) is 3.73. The second-order valence-corrected chi connectivity index (χ2v) is 12.6. The summed E-state index contributed by atoms with van der Waals surface area (Å²) in [6, 6.07) is 44.1. The highest BCUT2D eigenvalue weighted by Crippen LogP contribution is 2.43. The number of hydrogen-bond acceptors (Lipinski definition) is 5. The summed E-state index contributed by atoms with van der Waals surface area (Å²) in [6.07, 6.45) is 0. The number of hydrogen-bond donors (Lipinski definition) is 0. The van der Waals surface area contributed by atoms with Gasteiger partial charge in [0.25, 0.3) is 0 Å². The fourth-order valence-electron chi connectivity index (χ4n) is 6.14. The van der Waals surface area contributed by atoms with Gasteiger partial charge in [-0.1, -0.05) is 84.9 Å². The molecule has 0 amide bonds. The molecule has 4 aromatic heterocycles. The van der Waals surface area contributed by atoms with Gasteiger partial charge in [-0.2, -0.15) is 5.26 Å². The summed E-state index contributed by atoms with van der Waals surface area (Å²) in [7, 11) is 0. The van der Waals surface area contributed by atoms with Crippen molar-refractivity contribution in [2.75, 3.05) is 0 Å². The highest BCUT2D eigenvalue weighted by Gasteiger charge is 2.21. The van der Waals surface area contributed by atoms with Crippen LogP contribution in [0.25, 0.3) is 79.8 Å². The number of rotatable bonds is 3. The molecule has 0 N–H and O–H groups in total. The average molecular weight is 585 g/mol. The zero-order valence-corrected chi connectivity index (χ0v) is 24.3. The predicted octanol–water partition coefficient (Wildman–Crippen LogP) is 10.4. The molecule has 6 heteroatoms. The van der Waals surface area contributed by atoms with Gasteiger partial charge in [0.2, 0.25) is 0 Å². The van der Waals surface area contributed by atoms with E-state index >= 15 is 0 Å². The molecular weight excluding hydrogens is 565 g/mol. The van der Waals surface area contributed by atoms with Gasteiger partial charge < -0.3 is 4.57 Å². The minimum atomic E-state index is 0.579. The predicted molar refractivity (Wildman–Crippen MR) is 180 cm³/mol. The Hall–Kier alpha value is -5.35. The molecule has 43 heavy (non-hydrogen) atoms. The summed E-state index contributed by atoms with van der Waals surface area (Å²) in [5, 5.41) is 14.0. The second kappa shape index (κ2) is 9.33. The Morgan fingerprint density at radius 2 is 1.28 bits per heavy atom. The maximum Gasteiger partial charge on any atom is 0.160 e. The number of para-hydroxylation sites is 1. The van der Waals surface area contributed by atoms with E-state index in [9.17, 15) is 5.26 Å². The van der Waals surface area contributed by atoms with Crippen LogP contribution >= 0.6 is 22.7 Å². The van der Waals surface area contributed by atoms with Gasteiger partial charge >= 0.3 is 0 Å². The van der Waals surface area contributed by atoms with Crippen LogP contribution in [0.1, 0.15) is 5.56 Å². The molecule has 5 aromatic carbocycles.